The Balaban J connectivity index is 2.86. The number of nitrogens with one attached hydrogen (secondary N) is 1. The second-order valence-corrected chi connectivity index (χ2v) is 2.95. The first-order valence-electron chi connectivity index (χ1n) is 3.61. The number of halogens is 1. The third kappa shape index (κ3) is 1.15. The van der Waals surface area contributed by atoms with Crippen molar-refractivity contribution in [1.29, 1.82) is 0 Å². The molecule has 13 heavy (non-hydrogen) atoms. The molecule has 0 spiro atoms. The van der Waals surface area contributed by atoms with Crippen LogP contribution in [0.4, 0.5) is 0 Å². The van der Waals surface area contributed by atoms with E-state index in [4.69, 9.17) is 17.3 Å². The van der Waals surface area contributed by atoms with E-state index in [0.717, 1.165) is 0 Å². The van der Waals surface area contributed by atoms with Gasteiger partial charge in [-0.05, 0) is 6.07 Å². The third-order valence-electron chi connectivity index (χ3n) is 1.81. The minimum absolute atomic E-state index is 0.351. The molecule has 0 aliphatic heterocycles. The van der Waals surface area contributed by atoms with Gasteiger partial charge in [0.2, 0.25) is 0 Å². The van der Waals surface area contributed by atoms with Crippen LogP contribution in [0, 0.1) is 0 Å². The molecule has 0 bridgehead atoms. The smallest absolute Gasteiger partial charge is 0.252 e. The highest BCUT2D eigenvalue weighted by molar-refractivity contribution is 6.34. The number of rotatable bonds is 1. The number of primary amides is 1. The molecule has 66 valence electrons. The summed E-state index contributed by atoms with van der Waals surface area (Å²) in [6, 6.07) is 1.75. The number of amides is 1. The summed E-state index contributed by atoms with van der Waals surface area (Å²) in [5.41, 5.74) is 6.13. The zero-order chi connectivity index (χ0) is 9.42. The van der Waals surface area contributed by atoms with Crippen LogP contribution in [0.5, 0.6) is 0 Å². The molecule has 2 rings (SSSR count). The lowest BCUT2D eigenvalue weighted by molar-refractivity contribution is 0.100. The summed E-state index contributed by atoms with van der Waals surface area (Å²) < 4.78 is 0. The number of hydrogen-bond acceptors (Lipinski definition) is 2. The van der Waals surface area contributed by atoms with Crippen LogP contribution in [0.2, 0.25) is 5.15 Å². The lowest BCUT2D eigenvalue weighted by Crippen LogP contribution is -2.11. The van der Waals surface area contributed by atoms with Crippen LogP contribution in [0.15, 0.2) is 18.5 Å². The molecule has 3 N–H and O–H groups in total. The lowest BCUT2D eigenvalue weighted by Gasteiger charge is -1.98. The molecule has 0 saturated carbocycles. The number of fused-ring (bicyclic) bond motifs is 1. The van der Waals surface area contributed by atoms with Crippen molar-refractivity contribution in [2.75, 3.05) is 0 Å². The van der Waals surface area contributed by atoms with E-state index >= 15 is 0 Å². The first kappa shape index (κ1) is 8.07. The van der Waals surface area contributed by atoms with Gasteiger partial charge in [-0.15, -0.1) is 0 Å². The van der Waals surface area contributed by atoms with E-state index in [2.05, 4.69) is 9.97 Å². The van der Waals surface area contributed by atoms with Crippen molar-refractivity contribution in [3.63, 3.8) is 0 Å². The fourth-order valence-electron chi connectivity index (χ4n) is 1.21. The van der Waals surface area contributed by atoms with Crippen LogP contribution in [0.1, 0.15) is 10.4 Å². The lowest BCUT2D eigenvalue weighted by atomic mass is 10.2. The summed E-state index contributed by atoms with van der Waals surface area (Å²) in [5, 5.41) is 1.07. The van der Waals surface area contributed by atoms with Crippen molar-refractivity contribution in [1.82, 2.24) is 9.97 Å². The van der Waals surface area contributed by atoms with Crippen LogP contribution < -0.4 is 5.73 Å². The maximum atomic E-state index is 10.9. The molecule has 5 heteroatoms. The van der Waals surface area contributed by atoms with Crippen molar-refractivity contribution in [3.05, 3.63) is 29.2 Å². The Hall–Kier alpha value is -1.55. The van der Waals surface area contributed by atoms with Gasteiger partial charge in [0.15, 0.2) is 0 Å². The van der Waals surface area contributed by atoms with Gasteiger partial charge in [-0.2, -0.15) is 0 Å². The number of nitrogens with two attached hydrogens (primary N) is 1. The number of nitrogens with zero attached hydrogens (tertiary/aromatic N) is 1. The number of H-pyrrole nitrogens is 1. The van der Waals surface area contributed by atoms with Crippen molar-refractivity contribution in [3.8, 4) is 0 Å². The molecule has 0 fully saturated rings. The third-order valence-corrected chi connectivity index (χ3v) is 2.11. The topological polar surface area (TPSA) is 71.8 Å². The van der Waals surface area contributed by atoms with Crippen LogP contribution in [0.25, 0.3) is 10.9 Å². The molecule has 0 radical (unpaired) electrons. The number of aromatic nitrogens is 2. The average molecular weight is 196 g/mol. The second-order valence-electron chi connectivity index (χ2n) is 2.59. The molecule has 0 aliphatic rings. The van der Waals surface area contributed by atoms with Gasteiger partial charge in [0.25, 0.3) is 5.91 Å². The van der Waals surface area contributed by atoms with Crippen LogP contribution in [-0.2, 0) is 0 Å². The Morgan fingerprint density at radius 3 is 3.08 bits per heavy atom. The second kappa shape index (κ2) is 2.74. The molecule has 0 unspecified atom stereocenters. The molecule has 0 atom stereocenters. The van der Waals surface area contributed by atoms with Gasteiger partial charge in [-0.1, -0.05) is 11.6 Å². The standard InChI is InChI=1S/C8H6ClN3O/c9-7-4-1-2-11-6(4)5(3-12-7)8(10)13/h1-3,11H,(H2,10,13). The molecule has 0 aromatic carbocycles. The summed E-state index contributed by atoms with van der Waals surface area (Å²) in [6.45, 7) is 0. The number of aromatic amines is 1. The minimum Gasteiger partial charge on any atom is -0.365 e. The van der Waals surface area contributed by atoms with E-state index in [1.165, 1.54) is 6.20 Å². The van der Waals surface area contributed by atoms with Gasteiger partial charge < -0.3 is 10.7 Å². The van der Waals surface area contributed by atoms with E-state index in [1.807, 2.05) is 0 Å². The van der Waals surface area contributed by atoms with Gasteiger partial charge in [0.1, 0.15) is 5.15 Å². The van der Waals surface area contributed by atoms with E-state index in [0.29, 0.717) is 21.6 Å². The highest BCUT2D eigenvalue weighted by Gasteiger charge is 2.10. The Kier molecular flexibility index (Phi) is 1.70. The van der Waals surface area contributed by atoms with E-state index in [9.17, 15) is 4.79 Å². The molecule has 0 aliphatic carbocycles. The molecular weight excluding hydrogens is 190 g/mol. The monoisotopic (exact) mass is 195 g/mol. The highest BCUT2D eigenvalue weighted by Crippen LogP contribution is 2.22. The van der Waals surface area contributed by atoms with Crippen molar-refractivity contribution in [2.45, 2.75) is 0 Å². The number of pyridine rings is 1. The summed E-state index contributed by atoms with van der Waals surface area (Å²) in [6.07, 6.45) is 3.05. The van der Waals surface area contributed by atoms with Gasteiger partial charge >= 0.3 is 0 Å². The SMILES string of the molecule is NC(=O)c1cnc(Cl)c2cc[nH]c12. The van der Waals surface area contributed by atoms with Crippen LogP contribution in [0.3, 0.4) is 0 Å². The van der Waals surface area contributed by atoms with E-state index < -0.39 is 5.91 Å². The number of hydrogen-bond donors (Lipinski definition) is 2. The van der Waals surface area contributed by atoms with Crippen molar-refractivity contribution >= 4 is 28.4 Å². The van der Waals surface area contributed by atoms with Gasteiger partial charge in [0, 0.05) is 17.8 Å². The first-order valence-corrected chi connectivity index (χ1v) is 3.99. The maximum absolute atomic E-state index is 10.9. The zero-order valence-corrected chi connectivity index (χ0v) is 7.30. The summed E-state index contributed by atoms with van der Waals surface area (Å²) in [4.78, 5) is 17.7. The Morgan fingerprint density at radius 1 is 1.62 bits per heavy atom. The van der Waals surface area contributed by atoms with Crippen LogP contribution in [-0.4, -0.2) is 15.9 Å². The summed E-state index contributed by atoms with van der Waals surface area (Å²) >= 11 is 5.79. The number of carbonyl (C=O) groups excluding carboxylic acids is 1. The fraction of sp³-hybridized carbons (Fsp3) is 0. The van der Waals surface area contributed by atoms with E-state index in [1.54, 1.807) is 12.3 Å². The number of carbonyl (C=O) groups is 1. The molecule has 2 aromatic rings. The summed E-state index contributed by atoms with van der Waals surface area (Å²) in [7, 11) is 0. The highest BCUT2D eigenvalue weighted by atomic mass is 35.5. The predicted molar refractivity (Wildman–Crippen MR) is 49.6 cm³/mol. The predicted octanol–water partition coefficient (Wildman–Crippen LogP) is 1.32. The van der Waals surface area contributed by atoms with Gasteiger partial charge in [-0.25, -0.2) is 4.98 Å². The van der Waals surface area contributed by atoms with Crippen LogP contribution >= 0.6 is 11.6 Å². The fourth-order valence-corrected chi connectivity index (χ4v) is 1.41. The largest absolute Gasteiger partial charge is 0.365 e. The molecular formula is C8H6ClN3O. The average Bonchev–Trinajstić information content (AvgIpc) is 2.53. The van der Waals surface area contributed by atoms with Crippen molar-refractivity contribution in [2.24, 2.45) is 5.73 Å². The zero-order valence-electron chi connectivity index (χ0n) is 6.54. The molecule has 4 nitrogen and oxygen atoms in total. The Labute approximate surface area is 78.7 Å². The molecule has 2 aromatic heterocycles. The maximum Gasteiger partial charge on any atom is 0.252 e. The molecule has 0 saturated heterocycles. The normalized spacial score (nSPS) is 10.5. The van der Waals surface area contributed by atoms with Gasteiger partial charge in [0.05, 0.1) is 11.1 Å². The van der Waals surface area contributed by atoms with Crippen molar-refractivity contribution < 1.29 is 4.79 Å². The quantitative estimate of drug-likeness (QED) is 0.674. The molecule has 2 heterocycles. The first-order chi connectivity index (χ1) is 6.20. The molecule has 1 amide bonds. The minimum atomic E-state index is -0.517. The van der Waals surface area contributed by atoms with Gasteiger partial charge in [-0.3, -0.25) is 4.79 Å². The Morgan fingerprint density at radius 2 is 2.38 bits per heavy atom. The Bertz CT molecular complexity index is 477. The summed E-state index contributed by atoms with van der Waals surface area (Å²) in [5.74, 6) is -0.517. The van der Waals surface area contributed by atoms with E-state index in [-0.39, 0.29) is 0 Å².